The first-order valence-electron chi connectivity index (χ1n) is 9.05. The molecule has 0 unspecified atom stereocenters. The largest absolute Gasteiger partial charge is 0.369 e. The zero-order chi connectivity index (χ0) is 17.3. The van der Waals surface area contributed by atoms with E-state index in [4.69, 9.17) is 9.57 Å². The third-order valence-corrected chi connectivity index (χ3v) is 5.33. The van der Waals surface area contributed by atoms with Gasteiger partial charge in [0.15, 0.2) is 0 Å². The summed E-state index contributed by atoms with van der Waals surface area (Å²) in [6.45, 7) is 5.27. The minimum atomic E-state index is -0.238. The van der Waals surface area contributed by atoms with Crippen molar-refractivity contribution in [2.75, 3.05) is 46.4 Å². The first kappa shape index (κ1) is 16.9. The third kappa shape index (κ3) is 3.55. The fourth-order valence-electron chi connectivity index (χ4n) is 4.01. The quantitative estimate of drug-likeness (QED) is 0.795. The molecule has 0 aliphatic carbocycles. The summed E-state index contributed by atoms with van der Waals surface area (Å²) in [5.74, 6) is 0.0324. The van der Waals surface area contributed by atoms with E-state index >= 15 is 0 Å². The van der Waals surface area contributed by atoms with Crippen molar-refractivity contribution in [3.05, 3.63) is 30.1 Å². The van der Waals surface area contributed by atoms with Crippen LogP contribution in [0.5, 0.6) is 0 Å². The summed E-state index contributed by atoms with van der Waals surface area (Å²) in [5, 5.41) is 1.53. The molecule has 4 heterocycles. The van der Waals surface area contributed by atoms with Gasteiger partial charge >= 0.3 is 0 Å². The summed E-state index contributed by atoms with van der Waals surface area (Å²) in [5.41, 5.74) is 1.13. The van der Waals surface area contributed by atoms with Gasteiger partial charge in [0.1, 0.15) is 11.6 Å². The van der Waals surface area contributed by atoms with Crippen molar-refractivity contribution < 1.29 is 14.4 Å². The van der Waals surface area contributed by atoms with E-state index in [0.717, 1.165) is 39.0 Å². The number of rotatable bonds is 3. The lowest BCUT2D eigenvalue weighted by Crippen LogP contribution is -2.72. The Morgan fingerprint density at radius 2 is 2.08 bits per heavy atom. The van der Waals surface area contributed by atoms with Crippen molar-refractivity contribution in [1.82, 2.24) is 19.8 Å². The maximum absolute atomic E-state index is 12.6. The average molecular weight is 346 g/mol. The molecule has 1 aromatic rings. The Labute approximate surface area is 148 Å². The zero-order valence-corrected chi connectivity index (χ0v) is 14.8. The molecular weight excluding hydrogens is 320 g/mol. The number of amides is 1. The van der Waals surface area contributed by atoms with Gasteiger partial charge in [-0.2, -0.15) is 0 Å². The second-order valence-electron chi connectivity index (χ2n) is 7.41. The summed E-state index contributed by atoms with van der Waals surface area (Å²) in [7, 11) is 2.02. The molecule has 7 heteroatoms. The van der Waals surface area contributed by atoms with Crippen LogP contribution in [0.1, 0.15) is 18.4 Å². The maximum atomic E-state index is 12.6. The Morgan fingerprint density at radius 1 is 1.28 bits per heavy atom. The third-order valence-electron chi connectivity index (χ3n) is 5.33. The Hall–Kier alpha value is -1.54. The zero-order valence-electron chi connectivity index (χ0n) is 14.8. The van der Waals surface area contributed by atoms with E-state index in [1.807, 2.05) is 31.6 Å². The van der Waals surface area contributed by atoms with Gasteiger partial charge in [0.2, 0.25) is 0 Å². The van der Waals surface area contributed by atoms with Crippen LogP contribution in [0.4, 0.5) is 0 Å². The van der Waals surface area contributed by atoms with Gasteiger partial charge < -0.3 is 4.74 Å². The molecule has 136 valence electrons. The number of morpholine rings is 1. The molecule has 1 atom stereocenters. The van der Waals surface area contributed by atoms with E-state index in [1.54, 1.807) is 0 Å². The molecule has 1 aromatic heterocycles. The van der Waals surface area contributed by atoms with Gasteiger partial charge in [-0.1, -0.05) is 0 Å². The fraction of sp³-hybridized carbons (Fsp3) is 0.667. The maximum Gasteiger partial charge on any atom is 0.265 e. The van der Waals surface area contributed by atoms with Crippen molar-refractivity contribution in [1.29, 1.82) is 0 Å². The first-order chi connectivity index (χ1) is 12.2. The number of hydrogen-bond donors (Lipinski definition) is 0. The van der Waals surface area contributed by atoms with E-state index in [9.17, 15) is 4.79 Å². The molecule has 1 amide bonds. The molecule has 0 N–H and O–H groups in total. The molecule has 25 heavy (non-hydrogen) atoms. The number of hydrogen-bond acceptors (Lipinski definition) is 6. The Balaban J connectivity index is 1.29. The molecule has 7 nitrogen and oxygen atoms in total. The fourth-order valence-corrected chi connectivity index (χ4v) is 4.01. The van der Waals surface area contributed by atoms with Gasteiger partial charge in [-0.15, -0.1) is 0 Å². The van der Waals surface area contributed by atoms with E-state index in [1.165, 1.54) is 10.6 Å². The molecule has 0 aromatic carbocycles. The number of hydroxylamine groups is 2. The standard InChI is InChI=1S/C18H26N4O3/c1-20-12-18(13-21(14-18)10-15-4-6-19-7-5-15)24-11-16(20)17(23)22-8-2-3-9-25-22/h4-7,16H,2-3,8-14H2,1H3/t16-/m0/s1. The number of nitrogens with zero attached hydrogens (tertiary/aromatic N) is 4. The summed E-state index contributed by atoms with van der Waals surface area (Å²) < 4.78 is 6.17. The van der Waals surface area contributed by atoms with E-state index in [-0.39, 0.29) is 17.6 Å². The van der Waals surface area contributed by atoms with Gasteiger partial charge in [0, 0.05) is 45.1 Å². The average Bonchev–Trinajstić information content (AvgIpc) is 2.62. The molecule has 0 bridgehead atoms. The van der Waals surface area contributed by atoms with Crippen LogP contribution < -0.4 is 0 Å². The van der Waals surface area contributed by atoms with Crippen LogP contribution >= 0.6 is 0 Å². The van der Waals surface area contributed by atoms with E-state index in [2.05, 4.69) is 14.8 Å². The highest BCUT2D eigenvalue weighted by Crippen LogP contribution is 2.32. The lowest BCUT2D eigenvalue weighted by molar-refractivity contribution is -0.224. The topological polar surface area (TPSA) is 58.1 Å². The van der Waals surface area contributed by atoms with Crippen molar-refractivity contribution in [2.45, 2.75) is 31.0 Å². The van der Waals surface area contributed by atoms with E-state index < -0.39 is 0 Å². The highest BCUT2D eigenvalue weighted by molar-refractivity contribution is 5.81. The molecule has 4 rings (SSSR count). The number of pyridine rings is 1. The Bertz CT molecular complexity index is 600. The number of carbonyl (C=O) groups is 1. The Morgan fingerprint density at radius 3 is 2.76 bits per heavy atom. The van der Waals surface area contributed by atoms with Crippen LogP contribution in [0, 0.1) is 0 Å². The second kappa shape index (κ2) is 6.99. The lowest BCUT2D eigenvalue weighted by atomic mass is 9.90. The van der Waals surface area contributed by atoms with Crippen LogP contribution in [-0.2, 0) is 20.9 Å². The summed E-state index contributed by atoms with van der Waals surface area (Å²) in [6, 6.07) is 3.86. The second-order valence-corrected chi connectivity index (χ2v) is 7.41. The van der Waals surface area contributed by atoms with Crippen LogP contribution in [0.3, 0.4) is 0 Å². The van der Waals surface area contributed by atoms with Crippen LogP contribution in [-0.4, -0.2) is 83.8 Å². The molecule has 1 spiro atoms. The minimum absolute atomic E-state index is 0.0324. The van der Waals surface area contributed by atoms with Gasteiger partial charge in [0.25, 0.3) is 5.91 Å². The highest BCUT2D eigenvalue weighted by Gasteiger charge is 2.50. The number of carbonyl (C=O) groups excluding carboxylic acids is 1. The van der Waals surface area contributed by atoms with Gasteiger partial charge in [0.05, 0.1) is 13.2 Å². The lowest BCUT2D eigenvalue weighted by Gasteiger charge is -2.55. The monoisotopic (exact) mass is 346 g/mol. The molecule has 3 fully saturated rings. The Kier molecular flexibility index (Phi) is 4.73. The van der Waals surface area contributed by atoms with Crippen molar-refractivity contribution in [2.24, 2.45) is 0 Å². The van der Waals surface area contributed by atoms with E-state index in [0.29, 0.717) is 19.8 Å². The van der Waals surface area contributed by atoms with Gasteiger partial charge in [-0.3, -0.25) is 24.4 Å². The molecule has 0 radical (unpaired) electrons. The smallest absolute Gasteiger partial charge is 0.265 e. The predicted molar refractivity (Wildman–Crippen MR) is 91.5 cm³/mol. The molecule has 3 aliphatic rings. The summed E-state index contributed by atoms with van der Waals surface area (Å²) in [4.78, 5) is 26.7. The highest BCUT2D eigenvalue weighted by atomic mass is 16.7. The normalized spacial score (nSPS) is 27.2. The van der Waals surface area contributed by atoms with Gasteiger partial charge in [-0.25, -0.2) is 5.06 Å². The molecule has 3 saturated heterocycles. The summed E-state index contributed by atoms with van der Waals surface area (Å²) >= 11 is 0. The van der Waals surface area contributed by atoms with Crippen molar-refractivity contribution in [3.63, 3.8) is 0 Å². The van der Waals surface area contributed by atoms with Crippen molar-refractivity contribution >= 4 is 5.91 Å². The molecule has 0 saturated carbocycles. The van der Waals surface area contributed by atoms with Crippen LogP contribution in [0.2, 0.25) is 0 Å². The molecular formula is C18H26N4O3. The number of ether oxygens (including phenoxy) is 1. The number of likely N-dealkylation sites (N-methyl/N-ethyl adjacent to an activating group) is 1. The van der Waals surface area contributed by atoms with Crippen molar-refractivity contribution in [3.8, 4) is 0 Å². The van der Waals surface area contributed by atoms with Crippen LogP contribution in [0.25, 0.3) is 0 Å². The number of aromatic nitrogens is 1. The number of likely N-dealkylation sites (tertiary alicyclic amines) is 1. The van der Waals surface area contributed by atoms with Gasteiger partial charge in [-0.05, 0) is 37.6 Å². The first-order valence-corrected chi connectivity index (χ1v) is 9.05. The van der Waals surface area contributed by atoms with Crippen LogP contribution in [0.15, 0.2) is 24.5 Å². The SMILES string of the molecule is CN1CC2(CN(Cc3ccncc3)C2)OC[C@H]1C(=O)N1CCCCO1. The summed E-state index contributed by atoms with van der Waals surface area (Å²) in [6.07, 6.45) is 5.69. The predicted octanol–water partition coefficient (Wildman–Crippen LogP) is 0.521. The molecule has 3 aliphatic heterocycles. The minimum Gasteiger partial charge on any atom is -0.369 e.